The fourth-order valence-electron chi connectivity index (χ4n) is 2.45. The molecule has 0 saturated carbocycles. The quantitative estimate of drug-likeness (QED) is 0.628. The minimum Gasteiger partial charge on any atom is -0.494 e. The molecular formula is C20H22N2O4S. The lowest BCUT2D eigenvalue weighted by Gasteiger charge is -2.15. The van der Waals surface area contributed by atoms with Crippen molar-refractivity contribution in [1.82, 2.24) is 10.3 Å². The largest absolute Gasteiger partial charge is 0.494 e. The summed E-state index contributed by atoms with van der Waals surface area (Å²) in [5.41, 5.74) is 0.881. The maximum Gasteiger partial charge on any atom is 0.261 e. The number of thiazole rings is 1. The summed E-state index contributed by atoms with van der Waals surface area (Å²) in [5, 5.41) is 3.71. The first-order valence-corrected chi connectivity index (χ1v) is 9.56. The average Bonchev–Trinajstić information content (AvgIpc) is 3.31. The number of aromatic nitrogens is 1. The number of hydrogen-bond acceptors (Lipinski definition) is 6. The highest BCUT2D eigenvalue weighted by Gasteiger charge is 2.17. The highest BCUT2D eigenvalue weighted by atomic mass is 32.1. The molecule has 1 N–H and O–H groups in total. The number of ether oxygens (including phenoxy) is 2. The smallest absolute Gasteiger partial charge is 0.261 e. The number of benzene rings is 1. The molecule has 1 atom stereocenters. The molecular weight excluding hydrogens is 364 g/mol. The van der Waals surface area contributed by atoms with Crippen LogP contribution in [0.25, 0.3) is 10.8 Å². The maximum absolute atomic E-state index is 12.3. The number of hydrogen-bond donors (Lipinski definition) is 1. The molecule has 1 amide bonds. The first kappa shape index (κ1) is 19.0. The fraction of sp³-hybridized carbons (Fsp3) is 0.300. The molecule has 6 nitrogen and oxygen atoms in total. The van der Waals surface area contributed by atoms with E-state index in [0.29, 0.717) is 18.9 Å². The van der Waals surface area contributed by atoms with E-state index < -0.39 is 6.10 Å². The zero-order valence-electron chi connectivity index (χ0n) is 15.5. The van der Waals surface area contributed by atoms with Gasteiger partial charge in [-0.15, -0.1) is 11.3 Å². The molecule has 0 aliphatic heterocycles. The molecule has 0 radical (unpaired) electrons. The van der Waals surface area contributed by atoms with Crippen molar-refractivity contribution in [3.63, 3.8) is 0 Å². The second-order valence-corrected chi connectivity index (χ2v) is 6.97. The van der Waals surface area contributed by atoms with Gasteiger partial charge in [0.2, 0.25) is 0 Å². The van der Waals surface area contributed by atoms with Gasteiger partial charge in [0.15, 0.2) is 16.9 Å². The van der Waals surface area contributed by atoms with Gasteiger partial charge in [0, 0.05) is 4.88 Å². The number of furan rings is 1. The molecule has 3 rings (SSSR count). The lowest BCUT2D eigenvalue weighted by atomic mass is 10.3. The van der Waals surface area contributed by atoms with Crippen LogP contribution in [0.4, 0.5) is 0 Å². The van der Waals surface area contributed by atoms with E-state index in [4.69, 9.17) is 13.9 Å². The summed E-state index contributed by atoms with van der Waals surface area (Å²) < 4.78 is 16.5. The first-order chi connectivity index (χ1) is 13.1. The van der Waals surface area contributed by atoms with E-state index in [-0.39, 0.29) is 5.91 Å². The van der Waals surface area contributed by atoms with E-state index in [9.17, 15) is 4.79 Å². The van der Waals surface area contributed by atoms with Gasteiger partial charge >= 0.3 is 0 Å². The number of carbonyl (C=O) groups is 1. The Labute approximate surface area is 162 Å². The van der Waals surface area contributed by atoms with Gasteiger partial charge in [-0.25, -0.2) is 4.98 Å². The van der Waals surface area contributed by atoms with Crippen LogP contribution >= 0.6 is 11.3 Å². The van der Waals surface area contributed by atoms with Crippen LogP contribution in [0.15, 0.2) is 47.1 Å². The van der Waals surface area contributed by atoms with Crippen LogP contribution in [-0.4, -0.2) is 23.6 Å². The molecule has 0 spiro atoms. The van der Waals surface area contributed by atoms with Crippen molar-refractivity contribution in [1.29, 1.82) is 0 Å². The number of aryl methyl sites for hydroxylation is 1. The summed E-state index contributed by atoms with van der Waals surface area (Å²) in [6.45, 7) is 6.58. The Morgan fingerprint density at radius 2 is 2.00 bits per heavy atom. The fourth-order valence-corrected chi connectivity index (χ4v) is 3.42. The van der Waals surface area contributed by atoms with E-state index in [1.54, 1.807) is 25.3 Å². The van der Waals surface area contributed by atoms with Crippen molar-refractivity contribution >= 4 is 17.2 Å². The van der Waals surface area contributed by atoms with Gasteiger partial charge in [0.25, 0.3) is 5.91 Å². The van der Waals surface area contributed by atoms with Crippen molar-refractivity contribution in [2.75, 3.05) is 6.61 Å². The van der Waals surface area contributed by atoms with E-state index in [2.05, 4.69) is 10.3 Å². The van der Waals surface area contributed by atoms with Gasteiger partial charge in [-0.2, -0.15) is 0 Å². The Morgan fingerprint density at radius 3 is 2.67 bits per heavy atom. The molecule has 27 heavy (non-hydrogen) atoms. The van der Waals surface area contributed by atoms with Crippen LogP contribution in [0.3, 0.4) is 0 Å². The molecule has 0 fully saturated rings. The highest BCUT2D eigenvalue weighted by Crippen LogP contribution is 2.28. The number of nitrogens with zero attached hydrogens (tertiary/aromatic N) is 1. The Kier molecular flexibility index (Phi) is 6.13. The molecule has 3 aromatic rings. The number of nitrogens with one attached hydrogen (secondary N) is 1. The van der Waals surface area contributed by atoms with Gasteiger partial charge < -0.3 is 19.2 Å². The van der Waals surface area contributed by atoms with E-state index >= 15 is 0 Å². The second-order valence-electron chi connectivity index (χ2n) is 5.89. The van der Waals surface area contributed by atoms with Gasteiger partial charge in [0.05, 0.1) is 25.1 Å². The van der Waals surface area contributed by atoms with Crippen LogP contribution in [0.1, 0.15) is 24.4 Å². The molecule has 0 aliphatic carbocycles. The normalized spacial score (nSPS) is 11.8. The van der Waals surface area contributed by atoms with Crippen LogP contribution in [0, 0.1) is 6.92 Å². The van der Waals surface area contributed by atoms with E-state index in [1.807, 2.05) is 38.1 Å². The Bertz CT molecular complexity index is 872. The molecule has 0 aliphatic rings. The van der Waals surface area contributed by atoms with Crippen LogP contribution in [0.2, 0.25) is 0 Å². The third-order valence-corrected chi connectivity index (χ3v) is 5.04. The van der Waals surface area contributed by atoms with Crippen LogP contribution < -0.4 is 14.8 Å². The molecule has 0 bridgehead atoms. The van der Waals surface area contributed by atoms with Crippen molar-refractivity contribution < 1.29 is 18.7 Å². The van der Waals surface area contributed by atoms with Crippen LogP contribution in [-0.2, 0) is 11.3 Å². The maximum atomic E-state index is 12.3. The number of carbonyl (C=O) groups excluding carboxylic acids is 1. The lowest BCUT2D eigenvalue weighted by molar-refractivity contribution is -0.127. The highest BCUT2D eigenvalue weighted by molar-refractivity contribution is 7.15. The van der Waals surface area contributed by atoms with Crippen LogP contribution in [0.5, 0.6) is 11.5 Å². The van der Waals surface area contributed by atoms with E-state index in [1.165, 1.54) is 11.3 Å². The first-order valence-electron chi connectivity index (χ1n) is 8.74. The lowest BCUT2D eigenvalue weighted by Crippen LogP contribution is -2.35. The third-order valence-electron chi connectivity index (χ3n) is 3.86. The van der Waals surface area contributed by atoms with E-state index in [0.717, 1.165) is 27.1 Å². The number of amides is 1. The van der Waals surface area contributed by atoms with Gasteiger partial charge in [-0.1, -0.05) is 0 Å². The summed E-state index contributed by atoms with van der Waals surface area (Å²) >= 11 is 1.51. The van der Waals surface area contributed by atoms with Crippen molar-refractivity contribution in [3.05, 3.63) is 53.2 Å². The van der Waals surface area contributed by atoms with Crippen molar-refractivity contribution in [2.24, 2.45) is 0 Å². The van der Waals surface area contributed by atoms with Gasteiger partial charge in [-0.3, -0.25) is 4.79 Å². The standard InChI is InChI=1S/C20H22N2O4S/c1-4-24-15-7-9-16(10-8-15)26-14(3)19(23)21-12-18-13(2)22-20(27-18)17-6-5-11-25-17/h5-11,14H,4,12H2,1-3H3,(H,21,23). The van der Waals surface area contributed by atoms with Crippen molar-refractivity contribution in [3.8, 4) is 22.3 Å². The molecule has 0 saturated heterocycles. The minimum absolute atomic E-state index is 0.184. The van der Waals surface area contributed by atoms with Crippen molar-refractivity contribution in [2.45, 2.75) is 33.4 Å². The number of rotatable bonds is 8. The second kappa shape index (κ2) is 8.73. The molecule has 2 aromatic heterocycles. The molecule has 1 aromatic carbocycles. The Balaban J connectivity index is 1.54. The summed E-state index contributed by atoms with van der Waals surface area (Å²) in [7, 11) is 0. The predicted octanol–water partition coefficient (Wildman–Crippen LogP) is 4.19. The monoisotopic (exact) mass is 386 g/mol. The summed E-state index contributed by atoms with van der Waals surface area (Å²) in [4.78, 5) is 17.8. The molecule has 2 heterocycles. The average molecular weight is 386 g/mol. The minimum atomic E-state index is -0.610. The summed E-state index contributed by atoms with van der Waals surface area (Å²) in [6, 6.07) is 10.9. The van der Waals surface area contributed by atoms with Gasteiger partial charge in [-0.05, 0) is 57.2 Å². The topological polar surface area (TPSA) is 73.6 Å². The molecule has 1 unspecified atom stereocenters. The summed E-state index contributed by atoms with van der Waals surface area (Å²) in [6.07, 6.45) is 1.01. The zero-order valence-corrected chi connectivity index (χ0v) is 16.3. The van der Waals surface area contributed by atoms with Gasteiger partial charge in [0.1, 0.15) is 11.5 Å². The predicted molar refractivity (Wildman–Crippen MR) is 104 cm³/mol. The summed E-state index contributed by atoms with van der Waals surface area (Å²) in [5.74, 6) is 1.94. The zero-order chi connectivity index (χ0) is 19.2. The molecule has 142 valence electrons. The SMILES string of the molecule is CCOc1ccc(OC(C)C(=O)NCc2sc(-c3ccco3)nc2C)cc1. The Hall–Kier alpha value is -2.80. The Morgan fingerprint density at radius 1 is 1.26 bits per heavy atom. The molecule has 7 heteroatoms. The third kappa shape index (κ3) is 4.89.